The Balaban J connectivity index is 0.00000576. The number of sulfonamides is 1. The summed E-state index contributed by atoms with van der Waals surface area (Å²) < 4.78 is 65.7. The summed E-state index contributed by atoms with van der Waals surface area (Å²) in [4.78, 5) is 11.2. The SMILES string of the molecule is Cl.NCCCCNC(=O)CNS(=O)(=O)c1ccc(OC(F)(F)F)cc1. The van der Waals surface area contributed by atoms with Crippen molar-refractivity contribution in [1.29, 1.82) is 0 Å². The quantitative estimate of drug-likeness (QED) is 0.533. The number of rotatable bonds is 9. The minimum atomic E-state index is -4.86. The molecule has 1 aromatic carbocycles. The molecular weight excluding hydrogens is 387 g/mol. The molecular formula is C13H19ClF3N3O4S. The summed E-state index contributed by atoms with van der Waals surface area (Å²) in [5.41, 5.74) is 5.29. The molecule has 7 nitrogen and oxygen atoms in total. The van der Waals surface area contributed by atoms with Gasteiger partial charge in [0.2, 0.25) is 15.9 Å². The van der Waals surface area contributed by atoms with Crippen LogP contribution in [0.1, 0.15) is 12.8 Å². The molecule has 1 amide bonds. The highest BCUT2D eigenvalue weighted by Crippen LogP contribution is 2.23. The van der Waals surface area contributed by atoms with Crippen LogP contribution in [0.2, 0.25) is 0 Å². The average molecular weight is 406 g/mol. The fourth-order valence-corrected chi connectivity index (χ4v) is 2.61. The van der Waals surface area contributed by atoms with E-state index in [4.69, 9.17) is 5.73 Å². The Morgan fingerprint density at radius 2 is 1.76 bits per heavy atom. The molecule has 0 heterocycles. The van der Waals surface area contributed by atoms with E-state index < -0.39 is 34.6 Å². The highest BCUT2D eigenvalue weighted by atomic mass is 35.5. The third-order valence-electron chi connectivity index (χ3n) is 2.74. The van der Waals surface area contributed by atoms with Gasteiger partial charge in [0, 0.05) is 6.54 Å². The van der Waals surface area contributed by atoms with Crippen LogP contribution in [0.3, 0.4) is 0 Å². The van der Waals surface area contributed by atoms with Crippen LogP contribution in [0, 0.1) is 0 Å². The van der Waals surface area contributed by atoms with Gasteiger partial charge in [-0.15, -0.1) is 25.6 Å². The van der Waals surface area contributed by atoms with Crippen LogP contribution >= 0.6 is 12.4 Å². The molecule has 0 spiro atoms. The molecule has 4 N–H and O–H groups in total. The zero-order valence-corrected chi connectivity index (χ0v) is 14.6. The molecule has 0 aliphatic rings. The first-order valence-electron chi connectivity index (χ1n) is 6.96. The van der Waals surface area contributed by atoms with Gasteiger partial charge in [0.25, 0.3) is 0 Å². The second-order valence-electron chi connectivity index (χ2n) is 4.69. The largest absolute Gasteiger partial charge is 0.573 e. The Morgan fingerprint density at radius 1 is 1.16 bits per heavy atom. The molecule has 1 rings (SSSR count). The van der Waals surface area contributed by atoms with Crippen LogP contribution in [0.4, 0.5) is 13.2 Å². The van der Waals surface area contributed by atoms with Crippen LogP contribution in [0.15, 0.2) is 29.2 Å². The molecule has 0 unspecified atom stereocenters. The maximum absolute atomic E-state index is 12.0. The molecule has 0 bridgehead atoms. The van der Waals surface area contributed by atoms with E-state index in [0.717, 1.165) is 30.7 Å². The Labute approximate surface area is 149 Å². The molecule has 0 aromatic heterocycles. The average Bonchev–Trinajstić information content (AvgIpc) is 2.49. The summed E-state index contributed by atoms with van der Waals surface area (Å²) in [5, 5.41) is 2.51. The number of ether oxygens (including phenoxy) is 1. The van der Waals surface area contributed by atoms with Crippen LogP contribution in [0.5, 0.6) is 5.75 Å². The van der Waals surface area contributed by atoms with Crippen molar-refractivity contribution in [2.45, 2.75) is 24.1 Å². The molecule has 0 atom stereocenters. The number of benzene rings is 1. The second kappa shape index (κ2) is 10.4. The van der Waals surface area contributed by atoms with Crippen molar-refractivity contribution in [3.63, 3.8) is 0 Å². The number of carbonyl (C=O) groups is 1. The number of nitrogens with one attached hydrogen (secondary N) is 2. The Kier molecular flexibility index (Phi) is 9.78. The van der Waals surface area contributed by atoms with Crippen LogP contribution < -0.4 is 20.5 Å². The summed E-state index contributed by atoms with van der Waals surface area (Å²) in [7, 11) is -4.02. The van der Waals surface area contributed by atoms with Gasteiger partial charge in [-0.25, -0.2) is 13.1 Å². The number of hydrogen-bond donors (Lipinski definition) is 3. The molecule has 0 fully saturated rings. The van der Waals surface area contributed by atoms with Crippen molar-refractivity contribution >= 4 is 28.3 Å². The topological polar surface area (TPSA) is 111 Å². The molecule has 25 heavy (non-hydrogen) atoms. The summed E-state index contributed by atoms with van der Waals surface area (Å²) in [6.45, 7) is 0.392. The van der Waals surface area contributed by atoms with Crippen LogP contribution in [0.25, 0.3) is 0 Å². The lowest BCUT2D eigenvalue weighted by atomic mass is 10.3. The van der Waals surface area contributed by atoms with Crippen molar-refractivity contribution in [2.24, 2.45) is 5.73 Å². The number of unbranched alkanes of at least 4 members (excludes halogenated alkanes) is 1. The number of hydrogen-bond acceptors (Lipinski definition) is 5. The zero-order chi connectivity index (χ0) is 18.2. The number of amides is 1. The molecule has 0 aliphatic heterocycles. The summed E-state index contributed by atoms with van der Waals surface area (Å²) in [6, 6.07) is 3.63. The fourth-order valence-electron chi connectivity index (χ4n) is 1.62. The van der Waals surface area contributed by atoms with E-state index in [0.29, 0.717) is 19.5 Å². The number of nitrogens with two attached hydrogens (primary N) is 1. The van der Waals surface area contributed by atoms with Gasteiger partial charge in [-0.05, 0) is 43.7 Å². The maximum atomic E-state index is 12.0. The standard InChI is InChI=1S/C13H18F3N3O4S.ClH/c14-13(15,16)23-10-3-5-11(6-4-10)24(21,22)19-9-12(20)18-8-2-1-7-17;/h3-6,19H,1-2,7-9,17H2,(H,18,20);1H. The molecule has 0 aliphatic carbocycles. The first kappa shape index (κ1) is 23.4. The van der Waals surface area contributed by atoms with E-state index in [9.17, 15) is 26.4 Å². The van der Waals surface area contributed by atoms with E-state index in [-0.39, 0.29) is 17.3 Å². The van der Waals surface area contributed by atoms with E-state index in [1.165, 1.54) is 0 Å². The van der Waals surface area contributed by atoms with Gasteiger partial charge >= 0.3 is 6.36 Å². The van der Waals surface area contributed by atoms with Gasteiger partial charge < -0.3 is 15.8 Å². The lowest BCUT2D eigenvalue weighted by molar-refractivity contribution is -0.274. The third kappa shape index (κ3) is 9.48. The second-order valence-corrected chi connectivity index (χ2v) is 6.46. The zero-order valence-electron chi connectivity index (χ0n) is 13.0. The minimum absolute atomic E-state index is 0. The fraction of sp³-hybridized carbons (Fsp3) is 0.462. The van der Waals surface area contributed by atoms with E-state index in [1.807, 2.05) is 0 Å². The summed E-state index contributed by atoms with van der Waals surface area (Å²) >= 11 is 0. The van der Waals surface area contributed by atoms with Crippen LogP contribution in [-0.4, -0.2) is 40.3 Å². The molecule has 12 heteroatoms. The van der Waals surface area contributed by atoms with Crippen molar-refractivity contribution in [3.8, 4) is 5.75 Å². The van der Waals surface area contributed by atoms with E-state index in [2.05, 4.69) is 14.8 Å². The minimum Gasteiger partial charge on any atom is -0.406 e. The predicted octanol–water partition coefficient (Wildman–Crippen LogP) is 1.14. The lowest BCUT2D eigenvalue weighted by Gasteiger charge is -2.10. The van der Waals surface area contributed by atoms with Gasteiger partial charge in [0.15, 0.2) is 0 Å². The number of alkyl halides is 3. The Bertz CT molecular complexity index is 639. The summed E-state index contributed by atoms with van der Waals surface area (Å²) in [5.74, 6) is -1.06. The first-order valence-corrected chi connectivity index (χ1v) is 8.44. The molecule has 0 saturated heterocycles. The molecule has 1 aromatic rings. The lowest BCUT2D eigenvalue weighted by Crippen LogP contribution is -2.37. The highest BCUT2D eigenvalue weighted by Gasteiger charge is 2.31. The smallest absolute Gasteiger partial charge is 0.406 e. The van der Waals surface area contributed by atoms with Crippen LogP contribution in [-0.2, 0) is 14.8 Å². The first-order chi connectivity index (χ1) is 11.1. The predicted molar refractivity (Wildman–Crippen MR) is 86.9 cm³/mol. The molecule has 0 radical (unpaired) electrons. The highest BCUT2D eigenvalue weighted by molar-refractivity contribution is 7.89. The Morgan fingerprint density at radius 3 is 2.28 bits per heavy atom. The number of halogens is 4. The van der Waals surface area contributed by atoms with Crippen molar-refractivity contribution in [1.82, 2.24) is 10.0 Å². The third-order valence-corrected chi connectivity index (χ3v) is 4.16. The van der Waals surface area contributed by atoms with Gasteiger partial charge in [-0.1, -0.05) is 0 Å². The molecule has 0 saturated carbocycles. The van der Waals surface area contributed by atoms with Crippen molar-refractivity contribution in [2.75, 3.05) is 19.6 Å². The van der Waals surface area contributed by atoms with Gasteiger partial charge in [0.05, 0.1) is 11.4 Å². The van der Waals surface area contributed by atoms with E-state index >= 15 is 0 Å². The summed E-state index contributed by atoms with van der Waals surface area (Å²) in [6.07, 6.45) is -3.45. The van der Waals surface area contributed by atoms with Crippen molar-refractivity contribution in [3.05, 3.63) is 24.3 Å². The van der Waals surface area contributed by atoms with Gasteiger partial charge in [0.1, 0.15) is 5.75 Å². The van der Waals surface area contributed by atoms with Gasteiger partial charge in [-0.3, -0.25) is 4.79 Å². The molecule has 144 valence electrons. The van der Waals surface area contributed by atoms with Crippen molar-refractivity contribution < 1.29 is 31.1 Å². The number of carbonyl (C=O) groups excluding carboxylic acids is 1. The monoisotopic (exact) mass is 405 g/mol. The normalized spacial score (nSPS) is 11.5. The van der Waals surface area contributed by atoms with Gasteiger partial charge in [-0.2, -0.15) is 0 Å². The maximum Gasteiger partial charge on any atom is 0.573 e. The Hall–Kier alpha value is -1.56. The van der Waals surface area contributed by atoms with E-state index in [1.54, 1.807) is 0 Å².